The van der Waals surface area contributed by atoms with E-state index in [4.69, 9.17) is 16.3 Å². The molecule has 0 N–H and O–H groups in total. The quantitative estimate of drug-likeness (QED) is 0.789. The molecule has 0 bridgehead atoms. The molecule has 0 aliphatic rings. The van der Waals surface area contributed by atoms with Gasteiger partial charge < -0.3 is 4.74 Å². The van der Waals surface area contributed by atoms with Gasteiger partial charge in [0.25, 0.3) is 0 Å². The van der Waals surface area contributed by atoms with E-state index in [0.717, 1.165) is 0 Å². The van der Waals surface area contributed by atoms with Crippen LogP contribution in [0.25, 0.3) is 0 Å². The van der Waals surface area contributed by atoms with Gasteiger partial charge in [0.2, 0.25) is 5.78 Å². The lowest BCUT2D eigenvalue weighted by Crippen LogP contribution is -2.12. The number of ether oxygens (including phenoxy) is 1. The molecule has 2 aromatic carbocycles. The number of benzene rings is 2. The highest BCUT2D eigenvalue weighted by Gasteiger charge is 2.10. The second-order valence-corrected chi connectivity index (χ2v) is 4.51. The zero-order valence-corrected chi connectivity index (χ0v) is 11.1. The maximum Gasteiger partial charge on any atom is 0.201 e. The van der Waals surface area contributed by atoms with Gasteiger partial charge in [0.15, 0.2) is 6.61 Å². The zero-order chi connectivity index (χ0) is 13.8. The van der Waals surface area contributed by atoms with Crippen LogP contribution >= 0.6 is 11.6 Å². The molecule has 0 unspecified atom stereocenters. The molecular formula is C15H12ClFO2. The number of Topliss-reactive ketones (excluding diaryl/α,β-unsaturated/α-hetero) is 1. The standard InChI is InChI=1S/C15H12ClFO2/c1-10-8-11(6-7-14(10)17)19-9-15(18)12-4-2-3-5-13(12)16/h2-8H,9H2,1H3. The third kappa shape index (κ3) is 3.32. The molecule has 0 aliphatic carbocycles. The van der Waals surface area contributed by atoms with Gasteiger partial charge in [-0.25, -0.2) is 4.39 Å². The van der Waals surface area contributed by atoms with E-state index in [2.05, 4.69) is 0 Å². The minimum atomic E-state index is -0.301. The highest BCUT2D eigenvalue weighted by molar-refractivity contribution is 6.34. The van der Waals surface area contributed by atoms with E-state index in [9.17, 15) is 9.18 Å². The van der Waals surface area contributed by atoms with Crippen molar-refractivity contribution in [3.8, 4) is 5.75 Å². The Labute approximate surface area is 115 Å². The van der Waals surface area contributed by atoms with Crippen LogP contribution in [0.5, 0.6) is 5.75 Å². The fourth-order valence-corrected chi connectivity index (χ4v) is 1.86. The van der Waals surface area contributed by atoms with Crippen LogP contribution in [0.1, 0.15) is 15.9 Å². The molecule has 0 atom stereocenters. The number of hydrogen-bond donors (Lipinski definition) is 0. The van der Waals surface area contributed by atoms with Crippen LogP contribution in [0, 0.1) is 12.7 Å². The molecule has 0 spiro atoms. The molecule has 2 aromatic rings. The lowest BCUT2D eigenvalue weighted by molar-refractivity contribution is 0.0921. The van der Waals surface area contributed by atoms with Gasteiger partial charge in [0.05, 0.1) is 5.02 Å². The van der Waals surface area contributed by atoms with Crippen molar-refractivity contribution in [1.82, 2.24) is 0 Å². The highest BCUT2D eigenvalue weighted by Crippen LogP contribution is 2.18. The summed E-state index contributed by atoms with van der Waals surface area (Å²) in [4.78, 5) is 11.9. The third-order valence-electron chi connectivity index (χ3n) is 2.67. The predicted octanol–water partition coefficient (Wildman–Crippen LogP) is 4.05. The summed E-state index contributed by atoms with van der Waals surface area (Å²) in [5.74, 6) is -0.0586. The van der Waals surface area contributed by atoms with Gasteiger partial charge in [-0.05, 0) is 42.8 Å². The molecule has 2 rings (SSSR count). The molecule has 19 heavy (non-hydrogen) atoms. The lowest BCUT2D eigenvalue weighted by Gasteiger charge is -2.07. The fourth-order valence-electron chi connectivity index (χ4n) is 1.62. The first kappa shape index (κ1) is 13.6. The Morgan fingerprint density at radius 2 is 2.00 bits per heavy atom. The Morgan fingerprint density at radius 3 is 2.68 bits per heavy atom. The van der Waals surface area contributed by atoms with Gasteiger partial charge in [-0.3, -0.25) is 4.79 Å². The Balaban J connectivity index is 2.04. The number of rotatable bonds is 4. The molecule has 0 heterocycles. The van der Waals surface area contributed by atoms with Crippen molar-refractivity contribution in [2.24, 2.45) is 0 Å². The average Bonchev–Trinajstić information content (AvgIpc) is 2.40. The molecule has 2 nitrogen and oxygen atoms in total. The lowest BCUT2D eigenvalue weighted by atomic mass is 10.1. The molecule has 98 valence electrons. The van der Waals surface area contributed by atoms with Crippen LogP contribution in [-0.2, 0) is 0 Å². The molecule has 0 fully saturated rings. The number of aryl methyl sites for hydroxylation is 1. The molecule has 0 radical (unpaired) electrons. The largest absolute Gasteiger partial charge is 0.485 e. The van der Waals surface area contributed by atoms with E-state index in [1.54, 1.807) is 37.3 Å². The second kappa shape index (κ2) is 5.85. The molecule has 4 heteroatoms. The summed E-state index contributed by atoms with van der Waals surface area (Å²) in [6.07, 6.45) is 0. The van der Waals surface area contributed by atoms with E-state index in [1.165, 1.54) is 12.1 Å². The van der Waals surface area contributed by atoms with Gasteiger partial charge in [-0.15, -0.1) is 0 Å². The molecular weight excluding hydrogens is 267 g/mol. The molecule has 0 saturated heterocycles. The van der Waals surface area contributed by atoms with E-state index >= 15 is 0 Å². The van der Waals surface area contributed by atoms with Crippen LogP contribution in [0.3, 0.4) is 0 Å². The van der Waals surface area contributed by atoms with Crippen LogP contribution in [0.15, 0.2) is 42.5 Å². The third-order valence-corrected chi connectivity index (χ3v) is 3.00. The van der Waals surface area contributed by atoms with E-state index in [1.807, 2.05) is 0 Å². The van der Waals surface area contributed by atoms with Gasteiger partial charge in [0, 0.05) is 5.56 Å². The van der Waals surface area contributed by atoms with Gasteiger partial charge in [-0.1, -0.05) is 23.7 Å². The van der Waals surface area contributed by atoms with Crippen molar-refractivity contribution in [2.75, 3.05) is 6.61 Å². The number of carbonyl (C=O) groups is 1. The van der Waals surface area contributed by atoms with Gasteiger partial charge in [-0.2, -0.15) is 0 Å². The molecule has 0 amide bonds. The Morgan fingerprint density at radius 1 is 1.26 bits per heavy atom. The first-order valence-corrected chi connectivity index (χ1v) is 6.12. The van der Waals surface area contributed by atoms with E-state index < -0.39 is 0 Å². The van der Waals surface area contributed by atoms with Gasteiger partial charge >= 0.3 is 0 Å². The molecule has 0 aromatic heterocycles. The second-order valence-electron chi connectivity index (χ2n) is 4.10. The van der Waals surface area contributed by atoms with Crippen molar-refractivity contribution in [1.29, 1.82) is 0 Å². The minimum absolute atomic E-state index is 0.130. The topological polar surface area (TPSA) is 26.3 Å². The summed E-state index contributed by atoms with van der Waals surface area (Å²) in [6, 6.07) is 11.1. The van der Waals surface area contributed by atoms with E-state index in [-0.39, 0.29) is 18.2 Å². The first-order chi connectivity index (χ1) is 9.08. The van der Waals surface area contributed by atoms with Crippen molar-refractivity contribution in [2.45, 2.75) is 6.92 Å². The summed E-state index contributed by atoms with van der Waals surface area (Å²) in [6.45, 7) is 1.51. The number of halogens is 2. The van der Waals surface area contributed by atoms with Gasteiger partial charge in [0.1, 0.15) is 11.6 Å². The van der Waals surface area contributed by atoms with Crippen LogP contribution in [0.4, 0.5) is 4.39 Å². The van der Waals surface area contributed by atoms with E-state index in [0.29, 0.717) is 21.9 Å². The van der Waals surface area contributed by atoms with Crippen LogP contribution in [-0.4, -0.2) is 12.4 Å². The summed E-state index contributed by atoms with van der Waals surface area (Å²) in [5.41, 5.74) is 0.894. The van der Waals surface area contributed by atoms with Crippen LogP contribution in [0.2, 0.25) is 5.02 Å². The summed E-state index contributed by atoms with van der Waals surface area (Å²) >= 11 is 5.92. The molecule has 0 saturated carbocycles. The number of ketones is 1. The fraction of sp³-hybridized carbons (Fsp3) is 0.133. The monoisotopic (exact) mass is 278 g/mol. The summed E-state index contributed by atoms with van der Waals surface area (Å²) in [5, 5.41) is 0.395. The first-order valence-electron chi connectivity index (χ1n) is 5.74. The number of hydrogen-bond acceptors (Lipinski definition) is 2. The Kier molecular flexibility index (Phi) is 4.17. The van der Waals surface area contributed by atoms with Crippen LogP contribution < -0.4 is 4.74 Å². The Hall–Kier alpha value is -1.87. The zero-order valence-electron chi connectivity index (χ0n) is 10.3. The van der Waals surface area contributed by atoms with Crippen molar-refractivity contribution < 1.29 is 13.9 Å². The van der Waals surface area contributed by atoms with Crippen molar-refractivity contribution >= 4 is 17.4 Å². The molecule has 0 aliphatic heterocycles. The maximum absolute atomic E-state index is 13.1. The highest BCUT2D eigenvalue weighted by atomic mass is 35.5. The average molecular weight is 279 g/mol. The Bertz CT molecular complexity index is 611. The minimum Gasteiger partial charge on any atom is -0.485 e. The summed E-state index contributed by atoms with van der Waals surface area (Å²) < 4.78 is 18.4. The smallest absolute Gasteiger partial charge is 0.201 e. The SMILES string of the molecule is Cc1cc(OCC(=O)c2ccccc2Cl)ccc1F. The van der Waals surface area contributed by atoms with Crippen molar-refractivity contribution in [3.05, 3.63) is 64.4 Å². The summed E-state index contributed by atoms with van der Waals surface area (Å²) in [7, 11) is 0. The van der Waals surface area contributed by atoms with Crippen molar-refractivity contribution in [3.63, 3.8) is 0 Å². The maximum atomic E-state index is 13.1. The predicted molar refractivity (Wildman–Crippen MR) is 72.4 cm³/mol. The number of carbonyl (C=O) groups excluding carboxylic acids is 1. The normalized spacial score (nSPS) is 10.3.